The molecule has 6 heteroatoms. The van der Waals surface area contributed by atoms with Crippen molar-refractivity contribution in [2.45, 2.75) is 20.0 Å². The fourth-order valence-electron chi connectivity index (χ4n) is 1.53. The number of para-hydroxylation sites is 1. The van der Waals surface area contributed by atoms with E-state index in [-0.39, 0.29) is 24.3 Å². The van der Waals surface area contributed by atoms with Crippen LogP contribution in [-0.2, 0) is 0 Å². The summed E-state index contributed by atoms with van der Waals surface area (Å²) in [5.74, 6) is 0.447. The molecule has 0 aliphatic rings. The smallest absolute Gasteiger partial charge is 0.191 e. The minimum Gasteiger partial charge on any atom is -0.486 e. The summed E-state index contributed by atoms with van der Waals surface area (Å²) in [7, 11) is 0. The Bertz CT molecular complexity index is 427. The molecule has 0 spiro atoms. The van der Waals surface area contributed by atoms with Crippen molar-refractivity contribution in [2.24, 2.45) is 4.99 Å². The van der Waals surface area contributed by atoms with E-state index in [4.69, 9.17) is 9.84 Å². The molecule has 0 aliphatic heterocycles. The number of nitrogens with one attached hydrogen (secondary N) is 2. The van der Waals surface area contributed by atoms with Crippen LogP contribution < -0.4 is 15.4 Å². The number of nitrogens with zero attached hydrogens (tertiary/aromatic N) is 1. The van der Waals surface area contributed by atoms with Gasteiger partial charge in [-0.3, -0.25) is 0 Å². The molecule has 0 saturated heterocycles. The van der Waals surface area contributed by atoms with E-state index < -0.39 is 0 Å². The first kappa shape index (κ1) is 16.2. The van der Waals surface area contributed by atoms with Gasteiger partial charge in [0.05, 0.1) is 13.2 Å². The van der Waals surface area contributed by atoms with E-state index >= 15 is 0 Å². The highest BCUT2D eigenvalue weighted by Crippen LogP contribution is 2.16. The fraction of sp³-hybridized carbons (Fsp3) is 0.500. The lowest BCUT2D eigenvalue weighted by Gasteiger charge is -2.15. The van der Waals surface area contributed by atoms with Gasteiger partial charge < -0.3 is 20.5 Å². The van der Waals surface area contributed by atoms with Gasteiger partial charge in [-0.25, -0.2) is 9.38 Å². The minimum atomic E-state index is -0.381. The zero-order valence-electron chi connectivity index (χ0n) is 11.9. The lowest BCUT2D eigenvalue weighted by Crippen LogP contribution is -2.39. The third-order valence-electron chi connectivity index (χ3n) is 2.42. The molecule has 0 aliphatic carbocycles. The van der Waals surface area contributed by atoms with E-state index in [1.165, 1.54) is 6.07 Å². The second kappa shape index (κ2) is 9.14. The van der Waals surface area contributed by atoms with Gasteiger partial charge in [-0.15, -0.1) is 0 Å². The number of hydrogen-bond donors (Lipinski definition) is 3. The zero-order valence-corrected chi connectivity index (χ0v) is 11.9. The van der Waals surface area contributed by atoms with Crippen LogP contribution in [0, 0.1) is 5.82 Å². The Hall–Kier alpha value is -1.82. The van der Waals surface area contributed by atoms with Crippen molar-refractivity contribution in [2.75, 3.05) is 26.2 Å². The van der Waals surface area contributed by atoms with Crippen LogP contribution in [0.1, 0.15) is 13.8 Å². The van der Waals surface area contributed by atoms with Crippen molar-refractivity contribution in [1.82, 2.24) is 10.6 Å². The average molecular weight is 283 g/mol. The van der Waals surface area contributed by atoms with Crippen LogP contribution >= 0.6 is 0 Å². The average Bonchev–Trinajstić information content (AvgIpc) is 2.44. The Balaban J connectivity index is 2.51. The third-order valence-corrected chi connectivity index (χ3v) is 2.42. The Morgan fingerprint density at radius 2 is 2.15 bits per heavy atom. The van der Waals surface area contributed by atoms with Gasteiger partial charge in [0.1, 0.15) is 6.10 Å². The van der Waals surface area contributed by atoms with Gasteiger partial charge in [-0.2, -0.15) is 0 Å². The van der Waals surface area contributed by atoms with E-state index in [9.17, 15) is 4.39 Å². The van der Waals surface area contributed by atoms with Crippen LogP contribution in [0.15, 0.2) is 29.3 Å². The first-order valence-electron chi connectivity index (χ1n) is 6.71. The molecule has 0 heterocycles. The number of benzene rings is 1. The molecule has 0 radical (unpaired) electrons. The van der Waals surface area contributed by atoms with Crippen LogP contribution in [-0.4, -0.2) is 43.4 Å². The van der Waals surface area contributed by atoms with Gasteiger partial charge in [0.15, 0.2) is 17.5 Å². The quantitative estimate of drug-likeness (QED) is 0.518. The molecular weight excluding hydrogens is 261 g/mol. The number of aliphatic hydroxyl groups is 1. The molecular formula is C14H22FN3O2. The number of guanidine groups is 1. The molecule has 1 rings (SSSR count). The number of rotatable bonds is 7. The van der Waals surface area contributed by atoms with Gasteiger partial charge in [-0.05, 0) is 26.0 Å². The van der Waals surface area contributed by atoms with Gasteiger partial charge in [0.25, 0.3) is 0 Å². The SMILES string of the molecule is CCNC(=NCC(C)Oc1ccccc1F)NCCO. The second-order valence-electron chi connectivity index (χ2n) is 4.23. The highest BCUT2D eigenvalue weighted by Gasteiger charge is 2.07. The number of aliphatic hydroxyl groups excluding tert-OH is 1. The van der Waals surface area contributed by atoms with E-state index in [1.807, 2.05) is 13.8 Å². The molecule has 112 valence electrons. The van der Waals surface area contributed by atoms with Crippen molar-refractivity contribution in [1.29, 1.82) is 0 Å². The van der Waals surface area contributed by atoms with Crippen molar-refractivity contribution in [3.63, 3.8) is 0 Å². The van der Waals surface area contributed by atoms with Crippen LogP contribution in [0.5, 0.6) is 5.75 Å². The first-order chi connectivity index (χ1) is 9.67. The molecule has 0 saturated carbocycles. The molecule has 0 fully saturated rings. The molecule has 0 amide bonds. The topological polar surface area (TPSA) is 65.9 Å². The highest BCUT2D eigenvalue weighted by atomic mass is 19.1. The van der Waals surface area contributed by atoms with Crippen LogP contribution in [0.25, 0.3) is 0 Å². The number of aliphatic imine (C=N–C) groups is 1. The molecule has 1 atom stereocenters. The summed E-state index contributed by atoms with van der Waals surface area (Å²) in [6, 6.07) is 6.29. The summed E-state index contributed by atoms with van der Waals surface area (Å²) in [4.78, 5) is 4.31. The normalized spacial score (nSPS) is 12.9. The number of halogens is 1. The summed E-state index contributed by atoms with van der Waals surface area (Å²) in [6.45, 7) is 5.34. The van der Waals surface area contributed by atoms with Crippen molar-refractivity contribution >= 4 is 5.96 Å². The summed E-state index contributed by atoms with van der Waals surface area (Å²) < 4.78 is 18.9. The standard InChI is InChI=1S/C14H22FN3O2/c1-3-16-14(17-8-9-19)18-10-11(2)20-13-7-5-4-6-12(13)15/h4-7,11,19H,3,8-10H2,1-2H3,(H2,16,17,18). The van der Waals surface area contributed by atoms with Gasteiger partial charge in [0.2, 0.25) is 0 Å². The van der Waals surface area contributed by atoms with E-state index in [1.54, 1.807) is 18.2 Å². The largest absolute Gasteiger partial charge is 0.486 e. The van der Waals surface area contributed by atoms with E-state index in [2.05, 4.69) is 15.6 Å². The maximum absolute atomic E-state index is 13.4. The minimum absolute atomic E-state index is 0.0334. The molecule has 20 heavy (non-hydrogen) atoms. The van der Waals surface area contributed by atoms with E-state index in [0.29, 0.717) is 19.0 Å². The van der Waals surface area contributed by atoms with Crippen LogP contribution in [0.4, 0.5) is 4.39 Å². The Labute approximate surface area is 118 Å². The van der Waals surface area contributed by atoms with Crippen molar-refractivity contribution in [3.8, 4) is 5.75 Å². The fourth-order valence-corrected chi connectivity index (χ4v) is 1.53. The maximum Gasteiger partial charge on any atom is 0.191 e. The predicted octanol–water partition coefficient (Wildman–Crippen LogP) is 1.14. The maximum atomic E-state index is 13.4. The summed E-state index contributed by atoms with van der Waals surface area (Å²) in [6.07, 6.45) is -0.253. The summed E-state index contributed by atoms with van der Waals surface area (Å²) in [5, 5.41) is 14.8. The van der Waals surface area contributed by atoms with Gasteiger partial charge >= 0.3 is 0 Å². The zero-order chi connectivity index (χ0) is 14.8. The third kappa shape index (κ3) is 5.88. The molecule has 5 nitrogen and oxygen atoms in total. The monoisotopic (exact) mass is 283 g/mol. The lowest BCUT2D eigenvalue weighted by molar-refractivity contribution is 0.220. The number of ether oxygens (including phenoxy) is 1. The van der Waals surface area contributed by atoms with Gasteiger partial charge in [0, 0.05) is 13.1 Å². The first-order valence-corrected chi connectivity index (χ1v) is 6.71. The van der Waals surface area contributed by atoms with Crippen molar-refractivity contribution in [3.05, 3.63) is 30.1 Å². The summed E-state index contributed by atoms with van der Waals surface area (Å²) in [5.41, 5.74) is 0. The molecule has 0 aromatic heterocycles. The molecule has 1 aromatic carbocycles. The Morgan fingerprint density at radius 1 is 1.40 bits per heavy atom. The second-order valence-corrected chi connectivity index (χ2v) is 4.23. The Morgan fingerprint density at radius 3 is 2.80 bits per heavy atom. The highest BCUT2D eigenvalue weighted by molar-refractivity contribution is 5.79. The van der Waals surface area contributed by atoms with Crippen LogP contribution in [0.2, 0.25) is 0 Å². The summed E-state index contributed by atoms with van der Waals surface area (Å²) >= 11 is 0. The Kier molecular flexibility index (Phi) is 7.42. The molecule has 3 N–H and O–H groups in total. The van der Waals surface area contributed by atoms with Crippen molar-refractivity contribution < 1.29 is 14.2 Å². The van der Waals surface area contributed by atoms with E-state index in [0.717, 1.165) is 6.54 Å². The molecule has 1 aromatic rings. The predicted molar refractivity (Wildman–Crippen MR) is 77.6 cm³/mol. The van der Waals surface area contributed by atoms with Crippen LogP contribution in [0.3, 0.4) is 0 Å². The number of hydrogen-bond acceptors (Lipinski definition) is 3. The molecule has 1 unspecified atom stereocenters. The van der Waals surface area contributed by atoms with Gasteiger partial charge in [-0.1, -0.05) is 12.1 Å². The molecule has 0 bridgehead atoms. The lowest BCUT2D eigenvalue weighted by atomic mass is 10.3.